The monoisotopic (exact) mass is 404 g/mol. The van der Waals surface area contributed by atoms with E-state index in [9.17, 15) is 9.59 Å². The number of hydrogen-bond donors (Lipinski definition) is 1. The predicted molar refractivity (Wildman–Crippen MR) is 112 cm³/mol. The Morgan fingerprint density at radius 1 is 1.15 bits per heavy atom. The molecule has 2 aromatic carbocycles. The van der Waals surface area contributed by atoms with Gasteiger partial charge in [-0.1, -0.05) is 41.9 Å². The van der Waals surface area contributed by atoms with Crippen LogP contribution in [0.2, 0.25) is 5.02 Å². The number of nitrogens with zero attached hydrogens (tertiary/aromatic N) is 1. The number of hydrogen-bond acceptors (Lipinski definition) is 3. The number of nitrogens with one attached hydrogen (secondary N) is 1. The normalized spacial score (nSPS) is 11.7. The molecule has 0 heterocycles. The Bertz CT molecular complexity index is 755. The summed E-state index contributed by atoms with van der Waals surface area (Å²) in [6, 6.07) is 16.8. The molecule has 4 nitrogen and oxygen atoms in total. The molecule has 0 spiro atoms. The molecule has 2 rings (SSSR count). The maximum atomic E-state index is 12.9. The van der Waals surface area contributed by atoms with Crippen molar-refractivity contribution in [2.24, 2.45) is 0 Å². The number of thioether (sulfide) groups is 1. The Morgan fingerprint density at radius 3 is 2.56 bits per heavy atom. The summed E-state index contributed by atoms with van der Waals surface area (Å²) in [5.41, 5.74) is 0.905. The van der Waals surface area contributed by atoms with Crippen molar-refractivity contribution in [3.05, 3.63) is 65.2 Å². The molecule has 2 amide bonds. The Morgan fingerprint density at radius 2 is 1.89 bits per heavy atom. The number of halogens is 1. The Labute approximate surface area is 170 Å². The molecule has 144 valence electrons. The fourth-order valence-electron chi connectivity index (χ4n) is 2.65. The summed E-state index contributed by atoms with van der Waals surface area (Å²) in [6.07, 6.45) is 0.365. The summed E-state index contributed by atoms with van der Waals surface area (Å²) >= 11 is 7.70. The molecule has 6 heteroatoms. The fraction of sp³-hybridized carbons (Fsp3) is 0.333. The van der Waals surface area contributed by atoms with Gasteiger partial charge >= 0.3 is 0 Å². The highest BCUT2D eigenvalue weighted by atomic mass is 35.5. The van der Waals surface area contributed by atoms with E-state index in [-0.39, 0.29) is 11.8 Å². The van der Waals surface area contributed by atoms with Gasteiger partial charge in [0.25, 0.3) is 0 Å². The Balaban J connectivity index is 2.05. The number of benzene rings is 2. The van der Waals surface area contributed by atoms with Crippen LogP contribution in [0.3, 0.4) is 0 Å². The van der Waals surface area contributed by atoms with E-state index in [0.29, 0.717) is 30.3 Å². The van der Waals surface area contributed by atoms with Gasteiger partial charge in [-0.05, 0) is 43.7 Å². The second-order valence-electron chi connectivity index (χ2n) is 6.13. The second-order valence-corrected chi connectivity index (χ2v) is 7.74. The lowest BCUT2D eigenvalue weighted by molar-refractivity contribution is -0.140. The molecule has 1 N–H and O–H groups in total. The Kier molecular flexibility index (Phi) is 8.69. The van der Waals surface area contributed by atoms with Crippen LogP contribution in [0, 0.1) is 0 Å². The van der Waals surface area contributed by atoms with Crippen LogP contribution in [-0.2, 0) is 16.1 Å². The first kappa shape index (κ1) is 21.3. The predicted octanol–water partition coefficient (Wildman–Crippen LogP) is 4.38. The molecular formula is C21H25ClN2O2S. The van der Waals surface area contributed by atoms with Crippen LogP contribution in [0.1, 0.15) is 25.8 Å². The molecular weight excluding hydrogens is 380 g/mol. The molecule has 1 atom stereocenters. The van der Waals surface area contributed by atoms with E-state index in [1.165, 1.54) is 0 Å². The third-order valence-electron chi connectivity index (χ3n) is 4.09. The molecule has 0 bridgehead atoms. The van der Waals surface area contributed by atoms with Crippen molar-refractivity contribution in [1.29, 1.82) is 0 Å². The highest BCUT2D eigenvalue weighted by Crippen LogP contribution is 2.20. The van der Waals surface area contributed by atoms with E-state index in [1.807, 2.05) is 55.5 Å². The van der Waals surface area contributed by atoms with Gasteiger partial charge < -0.3 is 10.2 Å². The molecule has 0 aliphatic rings. The molecule has 0 saturated heterocycles. The van der Waals surface area contributed by atoms with E-state index < -0.39 is 6.04 Å². The van der Waals surface area contributed by atoms with Crippen LogP contribution in [0.25, 0.3) is 0 Å². The lowest BCUT2D eigenvalue weighted by atomic mass is 10.1. The second kappa shape index (κ2) is 11.0. The van der Waals surface area contributed by atoms with Crippen molar-refractivity contribution < 1.29 is 9.59 Å². The van der Waals surface area contributed by atoms with Gasteiger partial charge in [-0.2, -0.15) is 0 Å². The van der Waals surface area contributed by atoms with Gasteiger partial charge in [0.1, 0.15) is 6.04 Å². The van der Waals surface area contributed by atoms with Gasteiger partial charge in [-0.3, -0.25) is 9.59 Å². The number of rotatable bonds is 9. The summed E-state index contributed by atoms with van der Waals surface area (Å²) in [5.74, 6) is 0.470. The van der Waals surface area contributed by atoms with Crippen LogP contribution in [-0.4, -0.2) is 35.1 Å². The number of carbonyl (C=O) groups excluding carboxylic acids is 2. The minimum absolute atomic E-state index is 0.0443. The van der Waals surface area contributed by atoms with E-state index >= 15 is 0 Å². The van der Waals surface area contributed by atoms with Gasteiger partial charge in [0.05, 0.1) is 0 Å². The maximum absolute atomic E-state index is 12.9. The SMILES string of the molecule is CCNC(=O)[C@H](C)N(Cc1cccc(Cl)c1)C(=O)CCSc1ccccc1. The van der Waals surface area contributed by atoms with Crippen molar-refractivity contribution in [2.45, 2.75) is 37.8 Å². The average molecular weight is 405 g/mol. The van der Waals surface area contributed by atoms with E-state index in [4.69, 9.17) is 11.6 Å². The third kappa shape index (κ3) is 6.92. The van der Waals surface area contributed by atoms with Gasteiger partial charge in [0.15, 0.2) is 0 Å². The standard InChI is InChI=1S/C21H25ClN2O2S/c1-3-23-21(26)16(2)24(15-17-8-7-9-18(22)14-17)20(25)12-13-27-19-10-5-4-6-11-19/h4-11,14,16H,3,12-13,15H2,1-2H3,(H,23,26)/t16-/m0/s1. The van der Waals surface area contributed by atoms with Crippen molar-refractivity contribution >= 4 is 35.2 Å². The molecule has 0 fully saturated rings. The highest BCUT2D eigenvalue weighted by molar-refractivity contribution is 7.99. The van der Waals surface area contributed by atoms with Crippen LogP contribution < -0.4 is 5.32 Å². The van der Waals surface area contributed by atoms with Gasteiger partial charge in [0, 0.05) is 35.2 Å². The molecule has 0 aliphatic heterocycles. The molecule has 27 heavy (non-hydrogen) atoms. The summed E-state index contributed by atoms with van der Waals surface area (Å²) in [5, 5.41) is 3.41. The van der Waals surface area contributed by atoms with Crippen LogP contribution in [0.5, 0.6) is 0 Å². The van der Waals surface area contributed by atoms with E-state index in [2.05, 4.69) is 5.32 Å². The van der Waals surface area contributed by atoms with Crippen molar-refractivity contribution in [1.82, 2.24) is 10.2 Å². The smallest absolute Gasteiger partial charge is 0.242 e. The third-order valence-corrected chi connectivity index (χ3v) is 5.34. The lowest BCUT2D eigenvalue weighted by Crippen LogP contribution is -2.47. The quantitative estimate of drug-likeness (QED) is 0.631. The van der Waals surface area contributed by atoms with Gasteiger partial charge in [0.2, 0.25) is 11.8 Å². The summed E-state index contributed by atoms with van der Waals surface area (Å²) in [6.45, 7) is 4.52. The Hall–Kier alpha value is -1.98. The zero-order valence-corrected chi connectivity index (χ0v) is 17.2. The first-order valence-corrected chi connectivity index (χ1v) is 10.4. The van der Waals surface area contributed by atoms with Gasteiger partial charge in [-0.15, -0.1) is 11.8 Å². The average Bonchev–Trinajstić information content (AvgIpc) is 2.66. The maximum Gasteiger partial charge on any atom is 0.242 e. The minimum Gasteiger partial charge on any atom is -0.355 e. The minimum atomic E-state index is -0.543. The highest BCUT2D eigenvalue weighted by Gasteiger charge is 2.25. The van der Waals surface area contributed by atoms with Crippen LogP contribution in [0.15, 0.2) is 59.5 Å². The molecule has 2 aromatic rings. The first-order valence-electron chi connectivity index (χ1n) is 9.00. The number of carbonyl (C=O) groups is 2. The summed E-state index contributed by atoms with van der Waals surface area (Å²) in [7, 11) is 0. The van der Waals surface area contributed by atoms with Crippen molar-refractivity contribution in [2.75, 3.05) is 12.3 Å². The van der Waals surface area contributed by atoms with E-state index in [1.54, 1.807) is 29.7 Å². The summed E-state index contributed by atoms with van der Waals surface area (Å²) < 4.78 is 0. The van der Waals surface area contributed by atoms with E-state index in [0.717, 1.165) is 10.5 Å². The summed E-state index contributed by atoms with van der Waals surface area (Å²) in [4.78, 5) is 27.9. The number of likely N-dealkylation sites (N-methyl/N-ethyl adjacent to an activating group) is 1. The number of amides is 2. The first-order chi connectivity index (χ1) is 13.0. The van der Waals surface area contributed by atoms with Crippen molar-refractivity contribution in [3.63, 3.8) is 0 Å². The molecule has 0 aliphatic carbocycles. The topological polar surface area (TPSA) is 49.4 Å². The molecule has 0 aromatic heterocycles. The molecule has 0 saturated carbocycles. The largest absolute Gasteiger partial charge is 0.355 e. The lowest BCUT2D eigenvalue weighted by Gasteiger charge is -2.28. The zero-order valence-electron chi connectivity index (χ0n) is 15.7. The van der Waals surface area contributed by atoms with Crippen LogP contribution >= 0.6 is 23.4 Å². The van der Waals surface area contributed by atoms with Crippen molar-refractivity contribution in [3.8, 4) is 0 Å². The van der Waals surface area contributed by atoms with Gasteiger partial charge in [-0.25, -0.2) is 0 Å². The molecule has 0 unspecified atom stereocenters. The van der Waals surface area contributed by atoms with Crippen LogP contribution in [0.4, 0.5) is 0 Å². The molecule has 0 radical (unpaired) electrons. The zero-order chi connectivity index (χ0) is 19.6. The fourth-order valence-corrected chi connectivity index (χ4v) is 3.73.